The summed E-state index contributed by atoms with van der Waals surface area (Å²) in [5.41, 5.74) is 2.80. The molecule has 8 nitrogen and oxygen atoms in total. The van der Waals surface area contributed by atoms with Gasteiger partial charge in [0.1, 0.15) is 0 Å². The maximum Gasteiger partial charge on any atom is 0.490 e. The maximum atomic E-state index is 13.4. The van der Waals surface area contributed by atoms with Gasteiger partial charge in [0, 0.05) is 45.7 Å². The van der Waals surface area contributed by atoms with E-state index in [4.69, 9.17) is 9.90 Å². The molecule has 1 fully saturated rings. The number of nitrogens with zero attached hydrogens (tertiary/aromatic N) is 2. The van der Waals surface area contributed by atoms with E-state index in [1.165, 1.54) is 4.31 Å². The summed E-state index contributed by atoms with van der Waals surface area (Å²) in [6.45, 7) is 13.5. The van der Waals surface area contributed by atoms with Crippen molar-refractivity contribution in [2.24, 2.45) is 5.92 Å². The number of carboxylic acid groups (broad SMARTS) is 1. The van der Waals surface area contributed by atoms with E-state index < -0.39 is 22.2 Å². The fourth-order valence-corrected chi connectivity index (χ4v) is 5.15. The first kappa shape index (κ1) is 30.9. The lowest BCUT2D eigenvalue weighted by Gasteiger charge is -2.29. The van der Waals surface area contributed by atoms with Crippen molar-refractivity contribution in [3.8, 4) is 0 Å². The monoisotopic (exact) mass is 523 g/mol. The molecule has 1 amide bonds. The first-order valence-corrected chi connectivity index (χ1v) is 12.9. The number of aliphatic carboxylic acids is 1. The molecule has 1 heterocycles. The zero-order valence-electron chi connectivity index (χ0n) is 20.9. The summed E-state index contributed by atoms with van der Waals surface area (Å²) in [5.74, 6) is -2.34. The third kappa shape index (κ3) is 9.77. The number of hydrogen-bond acceptors (Lipinski definition) is 5. The lowest BCUT2D eigenvalue weighted by Crippen LogP contribution is -2.47. The average molecular weight is 524 g/mol. The maximum absolute atomic E-state index is 13.4. The third-order valence-corrected chi connectivity index (χ3v) is 7.69. The molecule has 1 aromatic carbocycles. The van der Waals surface area contributed by atoms with E-state index >= 15 is 0 Å². The van der Waals surface area contributed by atoms with Crippen LogP contribution in [0.15, 0.2) is 17.0 Å². The van der Waals surface area contributed by atoms with Gasteiger partial charge in [0.25, 0.3) is 0 Å². The van der Waals surface area contributed by atoms with Gasteiger partial charge in [-0.2, -0.15) is 17.5 Å². The van der Waals surface area contributed by atoms with Gasteiger partial charge in [0.05, 0.1) is 4.90 Å². The number of sulfonamides is 1. The van der Waals surface area contributed by atoms with Gasteiger partial charge in [-0.1, -0.05) is 19.9 Å². The van der Waals surface area contributed by atoms with E-state index in [1.807, 2.05) is 31.7 Å². The van der Waals surface area contributed by atoms with E-state index in [0.717, 1.165) is 36.2 Å². The smallest absolute Gasteiger partial charge is 0.475 e. The van der Waals surface area contributed by atoms with E-state index in [2.05, 4.69) is 19.2 Å². The van der Waals surface area contributed by atoms with Crippen LogP contribution in [0.1, 0.15) is 43.4 Å². The number of hydrogen-bond donors (Lipinski definition) is 2. The molecule has 12 heteroatoms. The Balaban J connectivity index is 0.000000762. The Morgan fingerprint density at radius 1 is 1.06 bits per heavy atom. The lowest BCUT2D eigenvalue weighted by atomic mass is 10.1. The second kappa shape index (κ2) is 13.2. The van der Waals surface area contributed by atoms with Gasteiger partial charge >= 0.3 is 12.1 Å². The van der Waals surface area contributed by atoms with E-state index in [1.54, 1.807) is 6.07 Å². The Labute approximate surface area is 205 Å². The zero-order valence-corrected chi connectivity index (χ0v) is 21.7. The van der Waals surface area contributed by atoms with Crippen LogP contribution in [0.5, 0.6) is 0 Å². The molecule has 1 saturated heterocycles. The number of carbonyl (C=O) groups is 2. The summed E-state index contributed by atoms with van der Waals surface area (Å²) in [6.07, 6.45) is -4.09. The molecular weight excluding hydrogens is 487 g/mol. The van der Waals surface area contributed by atoms with Crippen molar-refractivity contribution in [2.45, 2.75) is 58.5 Å². The molecule has 0 saturated carbocycles. The molecule has 35 heavy (non-hydrogen) atoms. The molecule has 0 spiro atoms. The molecule has 2 rings (SSSR count). The number of aryl methyl sites for hydroxylation is 3. The Bertz CT molecular complexity index is 975. The van der Waals surface area contributed by atoms with Crippen molar-refractivity contribution in [3.05, 3.63) is 28.8 Å². The Morgan fingerprint density at radius 2 is 1.57 bits per heavy atom. The molecule has 0 aliphatic carbocycles. The third-order valence-electron chi connectivity index (χ3n) is 5.65. The fourth-order valence-electron chi connectivity index (χ4n) is 3.40. The molecule has 2 N–H and O–H groups in total. The molecule has 0 aromatic heterocycles. The highest BCUT2D eigenvalue weighted by atomic mass is 32.2. The number of alkyl halides is 3. The van der Waals surface area contributed by atoms with Gasteiger partial charge < -0.3 is 15.3 Å². The number of rotatable bonds is 8. The Morgan fingerprint density at radius 3 is 2.06 bits per heavy atom. The number of amides is 1. The number of carboxylic acids is 1. The van der Waals surface area contributed by atoms with Crippen molar-refractivity contribution in [1.82, 2.24) is 14.5 Å². The van der Waals surface area contributed by atoms with E-state index in [0.29, 0.717) is 30.4 Å². The predicted octanol–water partition coefficient (Wildman–Crippen LogP) is 3.10. The first-order chi connectivity index (χ1) is 16.1. The Hall–Kier alpha value is -2.18. The molecule has 200 valence electrons. The van der Waals surface area contributed by atoms with Gasteiger partial charge in [0.2, 0.25) is 15.9 Å². The molecule has 1 aliphatic rings. The normalized spacial score (nSPS) is 14.6. The summed E-state index contributed by atoms with van der Waals surface area (Å²) in [6, 6.07) is 3.69. The van der Waals surface area contributed by atoms with Gasteiger partial charge in [-0.05, 0) is 55.9 Å². The number of piperazine rings is 1. The minimum absolute atomic E-state index is 0.0306. The van der Waals surface area contributed by atoms with Crippen molar-refractivity contribution in [1.29, 1.82) is 0 Å². The molecular formula is C23H36F3N3O5S. The SMILES string of the molecule is Cc1cc(C)c(S(=O)(=O)N(CCC(=O)N2CCNCC2)CCC(C)C)cc1C.O=C(O)C(F)(F)F. The van der Waals surface area contributed by atoms with Crippen LogP contribution in [0.3, 0.4) is 0 Å². The molecule has 1 aromatic rings. The van der Waals surface area contributed by atoms with Gasteiger partial charge in [-0.3, -0.25) is 4.79 Å². The van der Waals surface area contributed by atoms with E-state index in [9.17, 15) is 26.4 Å². The highest BCUT2D eigenvalue weighted by molar-refractivity contribution is 7.89. The van der Waals surface area contributed by atoms with Crippen molar-refractivity contribution in [2.75, 3.05) is 39.3 Å². The lowest BCUT2D eigenvalue weighted by molar-refractivity contribution is -0.192. The number of carbonyl (C=O) groups excluding carboxylic acids is 1. The number of halogens is 3. The molecule has 0 radical (unpaired) electrons. The highest BCUT2D eigenvalue weighted by Gasteiger charge is 2.38. The summed E-state index contributed by atoms with van der Waals surface area (Å²) < 4.78 is 60.1. The Kier molecular flexibility index (Phi) is 11.7. The van der Waals surface area contributed by atoms with Crippen LogP contribution >= 0.6 is 0 Å². The minimum Gasteiger partial charge on any atom is -0.475 e. The highest BCUT2D eigenvalue weighted by Crippen LogP contribution is 2.24. The average Bonchev–Trinajstić information content (AvgIpc) is 2.75. The van der Waals surface area contributed by atoms with Crippen LogP contribution in [-0.4, -0.2) is 80.1 Å². The van der Waals surface area contributed by atoms with Crippen LogP contribution in [0.4, 0.5) is 13.2 Å². The minimum atomic E-state index is -5.08. The standard InChI is InChI=1S/C21H35N3O3S.C2HF3O2/c1-16(2)6-10-24(11-7-21(25)23-12-8-22-9-13-23)28(26,27)20-15-18(4)17(3)14-19(20)5;3-2(4,5)1(6)7/h14-16,22H,6-13H2,1-5H3;(H,6,7). The number of benzene rings is 1. The topological polar surface area (TPSA) is 107 Å². The second-order valence-corrected chi connectivity index (χ2v) is 10.9. The summed E-state index contributed by atoms with van der Waals surface area (Å²) in [4.78, 5) is 23.6. The van der Waals surface area contributed by atoms with Gasteiger partial charge in [0.15, 0.2) is 0 Å². The second-order valence-electron chi connectivity index (χ2n) is 8.97. The van der Waals surface area contributed by atoms with Crippen molar-refractivity contribution < 1.29 is 36.3 Å². The predicted molar refractivity (Wildman–Crippen MR) is 127 cm³/mol. The fraction of sp³-hybridized carbons (Fsp3) is 0.652. The molecule has 0 bridgehead atoms. The summed E-state index contributed by atoms with van der Waals surface area (Å²) in [5, 5.41) is 10.4. The summed E-state index contributed by atoms with van der Waals surface area (Å²) >= 11 is 0. The van der Waals surface area contributed by atoms with Crippen molar-refractivity contribution in [3.63, 3.8) is 0 Å². The summed E-state index contributed by atoms with van der Waals surface area (Å²) in [7, 11) is -3.64. The molecule has 0 atom stereocenters. The quantitative estimate of drug-likeness (QED) is 0.542. The van der Waals surface area contributed by atoms with Crippen LogP contribution in [0.2, 0.25) is 0 Å². The number of nitrogens with one attached hydrogen (secondary N) is 1. The van der Waals surface area contributed by atoms with Crippen LogP contribution in [-0.2, 0) is 19.6 Å². The largest absolute Gasteiger partial charge is 0.490 e. The van der Waals surface area contributed by atoms with Crippen LogP contribution in [0.25, 0.3) is 0 Å². The van der Waals surface area contributed by atoms with Crippen LogP contribution in [0, 0.1) is 26.7 Å². The molecule has 1 aliphatic heterocycles. The van der Waals surface area contributed by atoms with Gasteiger partial charge in [-0.15, -0.1) is 0 Å². The van der Waals surface area contributed by atoms with Crippen LogP contribution < -0.4 is 5.32 Å². The van der Waals surface area contributed by atoms with E-state index in [-0.39, 0.29) is 18.9 Å². The van der Waals surface area contributed by atoms with Crippen molar-refractivity contribution >= 4 is 21.9 Å². The first-order valence-electron chi connectivity index (χ1n) is 11.4. The zero-order chi connectivity index (χ0) is 27.0. The molecule has 0 unspecified atom stereocenters. The van der Waals surface area contributed by atoms with Gasteiger partial charge in [-0.25, -0.2) is 13.2 Å².